The fourth-order valence-corrected chi connectivity index (χ4v) is 3.22. The van der Waals surface area contributed by atoms with Gasteiger partial charge < -0.3 is 10.4 Å². The molecule has 1 fully saturated rings. The van der Waals surface area contributed by atoms with Crippen molar-refractivity contribution in [3.05, 3.63) is 21.3 Å². The van der Waals surface area contributed by atoms with Gasteiger partial charge in [0.05, 0.1) is 10.6 Å². The number of aliphatic hydroxyl groups is 1. The number of hydrogen-bond acceptors (Lipinski definition) is 3. The zero-order valence-corrected chi connectivity index (χ0v) is 11.1. The monoisotopic (exact) mass is 273 g/mol. The van der Waals surface area contributed by atoms with Gasteiger partial charge in [-0.05, 0) is 24.3 Å². The predicted octanol–water partition coefficient (Wildman–Crippen LogP) is 2.83. The van der Waals surface area contributed by atoms with Crippen molar-refractivity contribution in [1.82, 2.24) is 5.32 Å². The fraction of sp³-hybridized carbons (Fsp3) is 0.583. The number of halogens is 1. The van der Waals surface area contributed by atoms with E-state index in [9.17, 15) is 9.90 Å². The smallest absolute Gasteiger partial charge is 0.262 e. The van der Waals surface area contributed by atoms with Gasteiger partial charge in [-0.25, -0.2) is 0 Å². The van der Waals surface area contributed by atoms with Gasteiger partial charge in [0.15, 0.2) is 0 Å². The highest BCUT2D eigenvalue weighted by Crippen LogP contribution is 2.28. The van der Waals surface area contributed by atoms with E-state index >= 15 is 0 Å². The van der Waals surface area contributed by atoms with Crippen molar-refractivity contribution in [1.29, 1.82) is 0 Å². The topological polar surface area (TPSA) is 49.3 Å². The van der Waals surface area contributed by atoms with Crippen LogP contribution >= 0.6 is 22.9 Å². The van der Waals surface area contributed by atoms with Gasteiger partial charge in [-0.15, -0.1) is 11.3 Å². The number of hydrogen-bond donors (Lipinski definition) is 2. The highest BCUT2D eigenvalue weighted by molar-refractivity contribution is 7.12. The summed E-state index contributed by atoms with van der Waals surface area (Å²) in [5, 5.41) is 15.3. The first-order valence-electron chi connectivity index (χ1n) is 5.84. The number of carbonyl (C=O) groups excluding carboxylic acids is 1. The lowest BCUT2D eigenvalue weighted by Crippen LogP contribution is -2.44. The second-order valence-electron chi connectivity index (χ2n) is 4.57. The van der Waals surface area contributed by atoms with Gasteiger partial charge in [-0.2, -0.15) is 0 Å². The van der Waals surface area contributed by atoms with Crippen molar-refractivity contribution in [2.75, 3.05) is 6.54 Å². The van der Waals surface area contributed by atoms with Crippen LogP contribution in [0, 0.1) is 0 Å². The molecule has 0 unspecified atom stereocenters. The van der Waals surface area contributed by atoms with E-state index < -0.39 is 5.60 Å². The molecule has 1 saturated carbocycles. The second-order valence-corrected chi connectivity index (χ2v) is 5.89. The molecule has 0 atom stereocenters. The summed E-state index contributed by atoms with van der Waals surface area (Å²) in [7, 11) is 0. The molecule has 0 saturated heterocycles. The van der Waals surface area contributed by atoms with Crippen molar-refractivity contribution >= 4 is 28.8 Å². The van der Waals surface area contributed by atoms with Crippen LogP contribution in [0.3, 0.4) is 0 Å². The zero-order chi connectivity index (χ0) is 12.3. The molecular weight excluding hydrogens is 258 g/mol. The molecule has 2 rings (SSSR count). The summed E-state index contributed by atoms with van der Waals surface area (Å²) in [6.45, 7) is 0.320. The van der Waals surface area contributed by atoms with E-state index in [4.69, 9.17) is 11.6 Å². The molecule has 2 N–H and O–H groups in total. The summed E-state index contributed by atoms with van der Waals surface area (Å²) in [6, 6.07) is 1.70. The number of rotatable bonds is 3. The molecule has 3 nitrogen and oxygen atoms in total. The van der Waals surface area contributed by atoms with Gasteiger partial charge in [-0.3, -0.25) is 4.79 Å². The Morgan fingerprint density at radius 3 is 2.76 bits per heavy atom. The Labute approximate surface area is 110 Å². The molecular formula is C12H16ClNO2S. The number of amides is 1. The van der Waals surface area contributed by atoms with Crippen LogP contribution in [0.1, 0.15) is 41.8 Å². The van der Waals surface area contributed by atoms with E-state index in [1.165, 1.54) is 17.8 Å². The van der Waals surface area contributed by atoms with Crippen LogP contribution in [0.2, 0.25) is 5.02 Å². The zero-order valence-electron chi connectivity index (χ0n) is 9.54. The molecule has 1 aliphatic carbocycles. The SMILES string of the molecule is O=C(NCC1(O)CCCCC1)c1sccc1Cl. The molecule has 17 heavy (non-hydrogen) atoms. The fourth-order valence-electron chi connectivity index (χ4n) is 2.17. The highest BCUT2D eigenvalue weighted by Gasteiger charge is 2.29. The standard InChI is InChI=1S/C12H16ClNO2S/c13-9-4-7-17-10(9)11(15)14-8-12(16)5-2-1-3-6-12/h4,7,16H,1-3,5-6,8H2,(H,14,15). The molecule has 1 amide bonds. The van der Waals surface area contributed by atoms with E-state index in [1.54, 1.807) is 11.4 Å². The van der Waals surface area contributed by atoms with Crippen LogP contribution in [0.25, 0.3) is 0 Å². The first-order valence-corrected chi connectivity index (χ1v) is 7.10. The highest BCUT2D eigenvalue weighted by atomic mass is 35.5. The van der Waals surface area contributed by atoms with E-state index in [0.717, 1.165) is 25.7 Å². The lowest BCUT2D eigenvalue weighted by molar-refractivity contribution is 0.00529. The molecule has 1 aromatic rings. The maximum absolute atomic E-state index is 11.8. The molecule has 1 heterocycles. The van der Waals surface area contributed by atoms with Gasteiger partial charge >= 0.3 is 0 Å². The van der Waals surface area contributed by atoms with Crippen molar-refractivity contribution in [2.45, 2.75) is 37.7 Å². The average Bonchev–Trinajstić information content (AvgIpc) is 2.74. The maximum atomic E-state index is 11.8. The number of thiophene rings is 1. The molecule has 94 valence electrons. The Morgan fingerprint density at radius 2 is 2.18 bits per heavy atom. The third kappa shape index (κ3) is 3.21. The predicted molar refractivity (Wildman–Crippen MR) is 69.7 cm³/mol. The average molecular weight is 274 g/mol. The minimum Gasteiger partial charge on any atom is -0.388 e. The molecule has 0 aliphatic heterocycles. The van der Waals surface area contributed by atoms with Gasteiger partial charge in [0, 0.05) is 6.54 Å². The summed E-state index contributed by atoms with van der Waals surface area (Å²) in [4.78, 5) is 12.3. The summed E-state index contributed by atoms with van der Waals surface area (Å²) >= 11 is 7.20. The minimum absolute atomic E-state index is 0.191. The largest absolute Gasteiger partial charge is 0.388 e. The Kier molecular flexibility index (Phi) is 4.07. The Morgan fingerprint density at radius 1 is 1.47 bits per heavy atom. The molecule has 1 aromatic heterocycles. The van der Waals surface area contributed by atoms with E-state index in [1.807, 2.05) is 0 Å². The molecule has 1 aliphatic rings. The van der Waals surface area contributed by atoms with Gasteiger partial charge in [0.25, 0.3) is 5.91 Å². The lowest BCUT2D eigenvalue weighted by atomic mass is 9.85. The van der Waals surface area contributed by atoms with Crippen LogP contribution in [-0.2, 0) is 0 Å². The normalized spacial score (nSPS) is 18.9. The van der Waals surface area contributed by atoms with Crippen LogP contribution in [0.15, 0.2) is 11.4 Å². The summed E-state index contributed by atoms with van der Waals surface area (Å²) in [6.07, 6.45) is 4.78. The van der Waals surface area contributed by atoms with Crippen LogP contribution < -0.4 is 5.32 Å². The maximum Gasteiger partial charge on any atom is 0.262 e. The van der Waals surface area contributed by atoms with Crippen LogP contribution in [0.4, 0.5) is 0 Å². The lowest BCUT2D eigenvalue weighted by Gasteiger charge is -2.32. The quantitative estimate of drug-likeness (QED) is 0.890. The van der Waals surface area contributed by atoms with E-state index in [-0.39, 0.29) is 5.91 Å². The van der Waals surface area contributed by atoms with E-state index in [2.05, 4.69) is 5.32 Å². The summed E-state index contributed by atoms with van der Waals surface area (Å²) in [5.41, 5.74) is -0.725. The van der Waals surface area contributed by atoms with Crippen molar-refractivity contribution in [2.24, 2.45) is 0 Å². The second kappa shape index (κ2) is 5.38. The number of nitrogens with one attached hydrogen (secondary N) is 1. The third-order valence-electron chi connectivity index (χ3n) is 3.19. The summed E-state index contributed by atoms with van der Waals surface area (Å²) in [5.74, 6) is -0.191. The van der Waals surface area contributed by atoms with Crippen LogP contribution in [0.5, 0.6) is 0 Å². The van der Waals surface area contributed by atoms with Crippen molar-refractivity contribution in [3.8, 4) is 0 Å². The molecule has 0 radical (unpaired) electrons. The molecule has 5 heteroatoms. The van der Waals surface area contributed by atoms with E-state index in [0.29, 0.717) is 16.4 Å². The molecule has 0 bridgehead atoms. The Balaban J connectivity index is 1.90. The van der Waals surface area contributed by atoms with Crippen molar-refractivity contribution < 1.29 is 9.90 Å². The minimum atomic E-state index is -0.725. The Bertz CT molecular complexity index is 399. The molecule has 0 aromatic carbocycles. The van der Waals surface area contributed by atoms with Gasteiger partial charge in [0.1, 0.15) is 4.88 Å². The number of carbonyl (C=O) groups is 1. The molecule has 0 spiro atoms. The van der Waals surface area contributed by atoms with Gasteiger partial charge in [0.2, 0.25) is 0 Å². The van der Waals surface area contributed by atoms with Crippen molar-refractivity contribution in [3.63, 3.8) is 0 Å². The van der Waals surface area contributed by atoms with Crippen LogP contribution in [-0.4, -0.2) is 23.2 Å². The third-order valence-corrected chi connectivity index (χ3v) is 4.53. The first kappa shape index (κ1) is 12.9. The van der Waals surface area contributed by atoms with Gasteiger partial charge in [-0.1, -0.05) is 30.9 Å². The first-order chi connectivity index (χ1) is 8.11. The Hall–Kier alpha value is -0.580. The summed E-state index contributed by atoms with van der Waals surface area (Å²) < 4.78 is 0.